The number of fused-ring (bicyclic) bond motifs is 5. The predicted octanol–water partition coefficient (Wildman–Crippen LogP) is 5.47. The van der Waals surface area contributed by atoms with E-state index in [0.29, 0.717) is 0 Å². The van der Waals surface area contributed by atoms with Gasteiger partial charge in [0.15, 0.2) is 5.65 Å². The molecule has 0 saturated carbocycles. The first-order chi connectivity index (χ1) is 11.8. The maximum absolute atomic E-state index is 4.94. The molecule has 0 aliphatic heterocycles. The lowest BCUT2D eigenvalue weighted by Crippen LogP contribution is -1.96. The second-order valence-electron chi connectivity index (χ2n) is 5.76. The molecule has 3 aromatic heterocycles. The third-order valence-corrected chi connectivity index (χ3v) is 4.70. The zero-order valence-corrected chi connectivity index (χ0v) is 14.2. The lowest BCUT2D eigenvalue weighted by molar-refractivity contribution is 1.17. The smallest absolute Gasteiger partial charge is 0.163 e. The van der Waals surface area contributed by atoms with Crippen molar-refractivity contribution in [1.82, 2.24) is 14.4 Å². The summed E-state index contributed by atoms with van der Waals surface area (Å²) in [7, 11) is 0. The fraction of sp³-hybridized carbons (Fsp3) is 0. The van der Waals surface area contributed by atoms with Gasteiger partial charge >= 0.3 is 0 Å². The molecule has 0 atom stereocenters. The van der Waals surface area contributed by atoms with E-state index in [-0.39, 0.29) is 0 Å². The number of benzene rings is 2. The molecule has 4 heteroatoms. The lowest BCUT2D eigenvalue weighted by Gasteiger charge is -2.09. The van der Waals surface area contributed by atoms with Crippen LogP contribution in [0.15, 0.2) is 77.5 Å². The molecule has 0 fully saturated rings. The number of hydrogen-bond acceptors (Lipinski definition) is 2. The molecule has 3 nitrogen and oxygen atoms in total. The van der Waals surface area contributed by atoms with Gasteiger partial charge in [0.1, 0.15) is 5.52 Å². The third-order valence-electron chi connectivity index (χ3n) is 4.27. The van der Waals surface area contributed by atoms with E-state index in [4.69, 9.17) is 4.98 Å². The van der Waals surface area contributed by atoms with Crippen LogP contribution in [-0.2, 0) is 0 Å². The Morgan fingerprint density at radius 3 is 2.58 bits per heavy atom. The van der Waals surface area contributed by atoms with Gasteiger partial charge in [-0.05, 0) is 22.0 Å². The zero-order valence-electron chi connectivity index (χ0n) is 12.6. The van der Waals surface area contributed by atoms with Crippen LogP contribution in [0.1, 0.15) is 0 Å². The second-order valence-corrected chi connectivity index (χ2v) is 6.67. The first-order valence-electron chi connectivity index (χ1n) is 7.72. The molecule has 0 N–H and O–H groups in total. The fourth-order valence-electron chi connectivity index (χ4n) is 3.23. The van der Waals surface area contributed by atoms with Crippen molar-refractivity contribution < 1.29 is 0 Å². The predicted molar refractivity (Wildman–Crippen MR) is 101 cm³/mol. The minimum absolute atomic E-state index is 0.865. The number of aromatic nitrogens is 3. The van der Waals surface area contributed by atoms with Gasteiger partial charge in [-0.25, -0.2) is 9.97 Å². The van der Waals surface area contributed by atoms with Crippen molar-refractivity contribution in [3.05, 3.63) is 77.5 Å². The summed E-state index contributed by atoms with van der Waals surface area (Å²) < 4.78 is 3.08. The molecule has 0 radical (unpaired) electrons. The Hall–Kier alpha value is -2.72. The number of rotatable bonds is 1. The van der Waals surface area contributed by atoms with Crippen LogP contribution in [0, 0.1) is 0 Å². The van der Waals surface area contributed by atoms with Gasteiger partial charge < -0.3 is 0 Å². The molecule has 0 aliphatic rings. The summed E-state index contributed by atoms with van der Waals surface area (Å²) in [6.45, 7) is 0. The molecule has 0 aliphatic carbocycles. The first-order valence-corrected chi connectivity index (χ1v) is 8.51. The quantitative estimate of drug-likeness (QED) is 0.390. The second kappa shape index (κ2) is 5.14. The number of nitrogens with zero attached hydrogens (tertiary/aromatic N) is 3. The average molecular weight is 374 g/mol. The fourth-order valence-corrected chi connectivity index (χ4v) is 3.55. The molecule has 0 spiro atoms. The Labute approximate surface area is 146 Å². The molecule has 114 valence electrons. The van der Waals surface area contributed by atoms with E-state index in [0.717, 1.165) is 32.4 Å². The Morgan fingerprint density at radius 1 is 0.917 bits per heavy atom. The molecule has 24 heavy (non-hydrogen) atoms. The monoisotopic (exact) mass is 373 g/mol. The first kappa shape index (κ1) is 13.7. The van der Waals surface area contributed by atoms with Gasteiger partial charge in [0.05, 0.1) is 11.2 Å². The topological polar surface area (TPSA) is 30.2 Å². The van der Waals surface area contributed by atoms with Crippen LogP contribution in [0.25, 0.3) is 38.7 Å². The van der Waals surface area contributed by atoms with Crippen LogP contribution in [0.4, 0.5) is 0 Å². The highest BCUT2D eigenvalue weighted by Gasteiger charge is 2.15. The minimum Gasteiger partial charge on any atom is -0.297 e. The van der Waals surface area contributed by atoms with Gasteiger partial charge in [-0.3, -0.25) is 4.40 Å². The van der Waals surface area contributed by atoms with E-state index in [2.05, 4.69) is 67.9 Å². The van der Waals surface area contributed by atoms with Crippen molar-refractivity contribution in [2.24, 2.45) is 0 Å². The molecule has 5 aromatic rings. The van der Waals surface area contributed by atoms with Crippen molar-refractivity contribution in [2.75, 3.05) is 0 Å². The van der Waals surface area contributed by atoms with Gasteiger partial charge in [-0.2, -0.15) is 0 Å². The van der Waals surface area contributed by atoms with Crippen LogP contribution in [-0.4, -0.2) is 14.4 Å². The van der Waals surface area contributed by atoms with Crippen molar-refractivity contribution in [3.8, 4) is 11.3 Å². The Balaban J connectivity index is 2.05. The van der Waals surface area contributed by atoms with Gasteiger partial charge in [-0.1, -0.05) is 54.6 Å². The lowest BCUT2D eigenvalue weighted by atomic mass is 10.1. The highest BCUT2D eigenvalue weighted by Crippen LogP contribution is 2.33. The van der Waals surface area contributed by atoms with E-state index in [1.165, 1.54) is 10.8 Å². The summed E-state index contributed by atoms with van der Waals surface area (Å²) in [6.07, 6.45) is 3.96. The Morgan fingerprint density at radius 2 is 1.71 bits per heavy atom. The van der Waals surface area contributed by atoms with Gasteiger partial charge in [0.25, 0.3) is 0 Å². The van der Waals surface area contributed by atoms with Gasteiger partial charge in [0.2, 0.25) is 0 Å². The maximum atomic E-state index is 4.94. The molecular formula is C20H12BrN3. The van der Waals surface area contributed by atoms with Crippen LogP contribution in [0.2, 0.25) is 0 Å². The zero-order chi connectivity index (χ0) is 16.1. The number of hydrogen-bond donors (Lipinski definition) is 0. The summed E-state index contributed by atoms with van der Waals surface area (Å²) in [5.74, 6) is 0. The summed E-state index contributed by atoms with van der Waals surface area (Å²) in [4.78, 5) is 9.54. The van der Waals surface area contributed by atoms with Gasteiger partial charge in [0, 0.05) is 33.2 Å². The van der Waals surface area contributed by atoms with Crippen LogP contribution in [0.5, 0.6) is 0 Å². The highest BCUT2D eigenvalue weighted by molar-refractivity contribution is 9.10. The molecule has 0 amide bonds. The number of halogens is 1. The van der Waals surface area contributed by atoms with Crippen LogP contribution < -0.4 is 0 Å². The van der Waals surface area contributed by atoms with E-state index >= 15 is 0 Å². The van der Waals surface area contributed by atoms with E-state index in [9.17, 15) is 0 Å². The molecule has 0 unspecified atom stereocenters. The van der Waals surface area contributed by atoms with E-state index < -0.39 is 0 Å². The average Bonchev–Trinajstić information content (AvgIpc) is 3.01. The van der Waals surface area contributed by atoms with Crippen molar-refractivity contribution in [2.45, 2.75) is 0 Å². The summed E-state index contributed by atoms with van der Waals surface area (Å²) >= 11 is 3.50. The molecule has 0 bridgehead atoms. The standard InChI is InChI=1S/C20H12BrN3/c21-15-10-17-20(22-11-15)24-12-14-8-4-5-9-16(14)19(24)18(23-17)13-6-2-1-3-7-13/h1-12H. The maximum Gasteiger partial charge on any atom is 0.163 e. The molecule has 0 saturated heterocycles. The highest BCUT2D eigenvalue weighted by atomic mass is 79.9. The molecule has 2 aromatic carbocycles. The van der Waals surface area contributed by atoms with Crippen molar-refractivity contribution >= 4 is 43.4 Å². The SMILES string of the molecule is Brc1cnc2c(c1)nc(-c1ccccc1)c1c3ccccc3cn21. The molecule has 3 heterocycles. The summed E-state index contributed by atoms with van der Waals surface area (Å²) in [6, 6.07) is 20.7. The third kappa shape index (κ3) is 1.96. The minimum atomic E-state index is 0.865. The summed E-state index contributed by atoms with van der Waals surface area (Å²) in [5, 5.41) is 2.38. The van der Waals surface area contributed by atoms with E-state index in [1.807, 2.05) is 30.5 Å². The molecule has 5 rings (SSSR count). The normalized spacial score (nSPS) is 11.5. The Bertz CT molecular complexity index is 1210. The van der Waals surface area contributed by atoms with Crippen LogP contribution >= 0.6 is 15.9 Å². The summed E-state index contributed by atoms with van der Waals surface area (Å²) in [5.41, 5.74) is 4.91. The van der Waals surface area contributed by atoms with E-state index in [1.54, 1.807) is 0 Å². The van der Waals surface area contributed by atoms with Gasteiger partial charge in [-0.15, -0.1) is 0 Å². The van der Waals surface area contributed by atoms with Crippen molar-refractivity contribution in [3.63, 3.8) is 0 Å². The van der Waals surface area contributed by atoms with Crippen molar-refractivity contribution in [1.29, 1.82) is 0 Å². The Kier molecular flexibility index (Phi) is 2.94. The number of pyridine rings is 1. The largest absolute Gasteiger partial charge is 0.297 e. The molecular weight excluding hydrogens is 362 g/mol. The van der Waals surface area contributed by atoms with Crippen LogP contribution in [0.3, 0.4) is 0 Å².